The topological polar surface area (TPSA) is 69.0 Å². The second kappa shape index (κ2) is 7.10. The standard InChI is InChI=1S/C18H15F3N4O2/c1-11(26)22-14-6-8-15(9-7-14)25-16(23-17(24-25)27-2)12-4-3-5-13(10-12)18(19,20)21/h3-10H,1-2H3,(H,22,26). The van der Waals surface area contributed by atoms with Crippen LogP contribution in [0.15, 0.2) is 48.5 Å². The van der Waals surface area contributed by atoms with Crippen molar-refractivity contribution in [2.45, 2.75) is 13.1 Å². The number of benzene rings is 2. The molecule has 1 aromatic heterocycles. The van der Waals surface area contributed by atoms with Crippen LogP contribution in [0.2, 0.25) is 0 Å². The highest BCUT2D eigenvalue weighted by molar-refractivity contribution is 5.88. The van der Waals surface area contributed by atoms with Crippen molar-refractivity contribution >= 4 is 11.6 Å². The van der Waals surface area contributed by atoms with Crippen molar-refractivity contribution in [1.29, 1.82) is 0 Å². The molecular formula is C18H15F3N4O2. The summed E-state index contributed by atoms with van der Waals surface area (Å²) in [4.78, 5) is 15.3. The third kappa shape index (κ3) is 4.08. The predicted octanol–water partition coefficient (Wildman–Crippen LogP) is 3.92. The average molecular weight is 376 g/mol. The maximum absolute atomic E-state index is 13.0. The van der Waals surface area contributed by atoms with Crippen LogP contribution in [-0.4, -0.2) is 27.8 Å². The number of nitrogens with zero attached hydrogens (tertiary/aromatic N) is 3. The molecule has 9 heteroatoms. The highest BCUT2D eigenvalue weighted by Crippen LogP contribution is 2.32. The molecule has 0 spiro atoms. The van der Waals surface area contributed by atoms with Crippen molar-refractivity contribution in [2.24, 2.45) is 0 Å². The molecular weight excluding hydrogens is 361 g/mol. The van der Waals surface area contributed by atoms with Crippen molar-refractivity contribution in [3.8, 4) is 23.1 Å². The van der Waals surface area contributed by atoms with E-state index in [9.17, 15) is 18.0 Å². The zero-order valence-electron chi connectivity index (χ0n) is 14.4. The Hall–Kier alpha value is -3.36. The van der Waals surface area contributed by atoms with E-state index in [0.29, 0.717) is 11.4 Å². The second-order valence-corrected chi connectivity index (χ2v) is 5.64. The Labute approximate surface area is 152 Å². The summed E-state index contributed by atoms with van der Waals surface area (Å²) < 4.78 is 45.5. The van der Waals surface area contributed by atoms with Crippen molar-refractivity contribution in [3.05, 3.63) is 54.1 Å². The van der Waals surface area contributed by atoms with E-state index in [-0.39, 0.29) is 23.3 Å². The summed E-state index contributed by atoms with van der Waals surface area (Å²) in [6.45, 7) is 1.39. The maximum Gasteiger partial charge on any atom is 0.416 e. The van der Waals surface area contributed by atoms with Crippen LogP contribution >= 0.6 is 0 Å². The number of aromatic nitrogens is 3. The Balaban J connectivity index is 2.06. The molecule has 0 saturated carbocycles. The van der Waals surface area contributed by atoms with E-state index in [1.807, 2.05) is 0 Å². The molecule has 3 aromatic rings. The van der Waals surface area contributed by atoms with Crippen molar-refractivity contribution < 1.29 is 22.7 Å². The first kappa shape index (κ1) is 18.4. The molecule has 0 unspecified atom stereocenters. The predicted molar refractivity (Wildman–Crippen MR) is 92.7 cm³/mol. The smallest absolute Gasteiger partial charge is 0.416 e. The first-order valence-electron chi connectivity index (χ1n) is 7.84. The number of carbonyl (C=O) groups excluding carboxylic acids is 1. The number of methoxy groups -OCH3 is 1. The summed E-state index contributed by atoms with van der Waals surface area (Å²) in [5.74, 6) is -0.0138. The number of halogens is 3. The van der Waals surface area contributed by atoms with Gasteiger partial charge in [0, 0.05) is 18.2 Å². The van der Waals surface area contributed by atoms with Crippen LogP contribution in [0, 0.1) is 0 Å². The molecule has 0 aliphatic rings. The molecule has 2 aromatic carbocycles. The summed E-state index contributed by atoms with van der Waals surface area (Å²) in [7, 11) is 1.37. The van der Waals surface area contributed by atoms with Crippen LogP contribution in [0.1, 0.15) is 12.5 Å². The molecule has 0 fully saturated rings. The first-order valence-corrected chi connectivity index (χ1v) is 7.84. The number of ether oxygens (including phenoxy) is 1. The summed E-state index contributed by atoms with van der Waals surface area (Å²) >= 11 is 0. The summed E-state index contributed by atoms with van der Waals surface area (Å²) in [5.41, 5.74) is 0.590. The first-order chi connectivity index (χ1) is 12.8. The van der Waals surface area contributed by atoms with E-state index in [0.717, 1.165) is 12.1 Å². The minimum absolute atomic E-state index is 0.0216. The molecule has 0 aliphatic heterocycles. The molecule has 3 rings (SSSR count). The molecule has 0 radical (unpaired) electrons. The van der Waals surface area contributed by atoms with Gasteiger partial charge in [-0.3, -0.25) is 4.79 Å². The quantitative estimate of drug-likeness (QED) is 0.749. The lowest BCUT2D eigenvalue weighted by molar-refractivity contribution is -0.137. The van der Waals surface area contributed by atoms with Gasteiger partial charge in [-0.1, -0.05) is 12.1 Å². The minimum Gasteiger partial charge on any atom is -0.466 e. The van der Waals surface area contributed by atoms with E-state index in [1.165, 1.54) is 30.8 Å². The van der Waals surface area contributed by atoms with Crippen molar-refractivity contribution in [3.63, 3.8) is 0 Å². The Morgan fingerprint density at radius 3 is 2.44 bits per heavy atom. The molecule has 140 valence electrons. The third-order valence-electron chi connectivity index (χ3n) is 3.65. The number of anilines is 1. The van der Waals surface area contributed by atoms with Crippen LogP contribution in [0.4, 0.5) is 18.9 Å². The van der Waals surface area contributed by atoms with Crippen LogP contribution < -0.4 is 10.1 Å². The van der Waals surface area contributed by atoms with Gasteiger partial charge in [-0.05, 0) is 36.4 Å². The zero-order chi connectivity index (χ0) is 19.6. The van der Waals surface area contributed by atoms with Gasteiger partial charge in [-0.2, -0.15) is 18.2 Å². The largest absolute Gasteiger partial charge is 0.466 e. The van der Waals surface area contributed by atoms with E-state index in [2.05, 4.69) is 15.4 Å². The number of amides is 1. The van der Waals surface area contributed by atoms with Gasteiger partial charge >= 0.3 is 12.2 Å². The van der Waals surface area contributed by atoms with Crippen molar-refractivity contribution in [2.75, 3.05) is 12.4 Å². The molecule has 1 N–H and O–H groups in total. The van der Waals surface area contributed by atoms with Gasteiger partial charge in [0.1, 0.15) is 0 Å². The lowest BCUT2D eigenvalue weighted by Gasteiger charge is -2.10. The number of nitrogens with one attached hydrogen (secondary N) is 1. The fraction of sp³-hybridized carbons (Fsp3) is 0.167. The van der Waals surface area contributed by atoms with Gasteiger partial charge in [0.2, 0.25) is 5.91 Å². The molecule has 1 heterocycles. The molecule has 6 nitrogen and oxygen atoms in total. The Morgan fingerprint density at radius 1 is 1.15 bits per heavy atom. The molecule has 0 atom stereocenters. The monoisotopic (exact) mass is 376 g/mol. The summed E-state index contributed by atoms with van der Waals surface area (Å²) in [5, 5.41) is 6.81. The molecule has 0 saturated heterocycles. The van der Waals surface area contributed by atoms with Crippen LogP contribution in [0.25, 0.3) is 17.1 Å². The summed E-state index contributed by atoms with van der Waals surface area (Å²) in [6, 6.07) is 11.5. The van der Waals surface area contributed by atoms with Gasteiger partial charge in [0.05, 0.1) is 18.4 Å². The molecule has 1 amide bonds. The van der Waals surface area contributed by atoms with E-state index in [4.69, 9.17) is 4.74 Å². The normalized spacial score (nSPS) is 11.3. The minimum atomic E-state index is -4.47. The Bertz CT molecular complexity index is 965. The zero-order valence-corrected chi connectivity index (χ0v) is 14.4. The SMILES string of the molecule is COc1nc(-c2cccc(C(F)(F)F)c2)n(-c2ccc(NC(C)=O)cc2)n1. The van der Waals surface area contributed by atoms with E-state index >= 15 is 0 Å². The van der Waals surface area contributed by atoms with Crippen molar-refractivity contribution in [1.82, 2.24) is 14.8 Å². The Morgan fingerprint density at radius 2 is 1.85 bits per heavy atom. The lowest BCUT2D eigenvalue weighted by atomic mass is 10.1. The number of hydrogen-bond donors (Lipinski definition) is 1. The van der Waals surface area contributed by atoms with Crippen LogP contribution in [0.5, 0.6) is 6.01 Å². The van der Waals surface area contributed by atoms with Gasteiger partial charge in [0.25, 0.3) is 0 Å². The van der Waals surface area contributed by atoms with Gasteiger partial charge < -0.3 is 10.1 Å². The number of rotatable bonds is 4. The average Bonchev–Trinajstić information content (AvgIpc) is 3.06. The summed E-state index contributed by atoms with van der Waals surface area (Å²) in [6.07, 6.45) is -4.47. The van der Waals surface area contributed by atoms with Gasteiger partial charge in [-0.25, -0.2) is 4.68 Å². The van der Waals surface area contributed by atoms with E-state index < -0.39 is 11.7 Å². The lowest BCUT2D eigenvalue weighted by Crippen LogP contribution is -2.07. The fourth-order valence-electron chi connectivity index (χ4n) is 2.47. The van der Waals surface area contributed by atoms with Gasteiger partial charge in [0.15, 0.2) is 5.82 Å². The maximum atomic E-state index is 13.0. The van der Waals surface area contributed by atoms with E-state index in [1.54, 1.807) is 24.3 Å². The third-order valence-corrected chi connectivity index (χ3v) is 3.65. The second-order valence-electron chi connectivity index (χ2n) is 5.64. The van der Waals surface area contributed by atoms with Gasteiger partial charge in [-0.15, -0.1) is 5.10 Å². The number of hydrogen-bond acceptors (Lipinski definition) is 4. The molecule has 0 aliphatic carbocycles. The highest BCUT2D eigenvalue weighted by atomic mass is 19.4. The highest BCUT2D eigenvalue weighted by Gasteiger charge is 2.31. The number of carbonyl (C=O) groups is 1. The van der Waals surface area contributed by atoms with Crippen LogP contribution in [0.3, 0.4) is 0 Å². The molecule has 27 heavy (non-hydrogen) atoms. The fourth-order valence-corrected chi connectivity index (χ4v) is 2.47. The van der Waals surface area contributed by atoms with Crippen LogP contribution in [-0.2, 0) is 11.0 Å². The molecule has 0 bridgehead atoms. The Kier molecular flexibility index (Phi) is 4.85. The number of alkyl halides is 3.